The second kappa shape index (κ2) is 5.96. The molecular formula is C9H15N5O4. The van der Waals surface area contributed by atoms with Crippen LogP contribution in [0.2, 0.25) is 0 Å². The van der Waals surface area contributed by atoms with Crippen LogP contribution in [0.15, 0.2) is 0 Å². The average Bonchev–Trinajstić information content (AvgIpc) is 2.70. The van der Waals surface area contributed by atoms with Gasteiger partial charge in [-0.25, -0.2) is 14.6 Å². The first-order chi connectivity index (χ1) is 8.43. The Morgan fingerprint density at radius 2 is 2.22 bits per heavy atom. The fraction of sp³-hybridized carbons (Fsp3) is 0.556. The summed E-state index contributed by atoms with van der Waals surface area (Å²) >= 11 is 0. The van der Waals surface area contributed by atoms with Gasteiger partial charge < -0.3 is 20.4 Å². The van der Waals surface area contributed by atoms with Crippen LogP contribution in [0, 0.1) is 6.92 Å². The van der Waals surface area contributed by atoms with Gasteiger partial charge in [-0.1, -0.05) is 0 Å². The lowest BCUT2D eigenvalue weighted by molar-refractivity contribution is -0.140. The van der Waals surface area contributed by atoms with Crippen LogP contribution in [0.5, 0.6) is 0 Å². The monoisotopic (exact) mass is 257 g/mol. The van der Waals surface area contributed by atoms with Crippen LogP contribution in [0.25, 0.3) is 0 Å². The van der Waals surface area contributed by atoms with Crippen molar-refractivity contribution in [2.45, 2.75) is 19.5 Å². The van der Waals surface area contributed by atoms with Gasteiger partial charge in [-0.3, -0.25) is 5.10 Å². The Balaban J connectivity index is 2.53. The number of urea groups is 1. The topological polar surface area (TPSA) is 131 Å². The number of aromatic amines is 1. The van der Waals surface area contributed by atoms with E-state index in [-0.39, 0.29) is 6.54 Å². The highest BCUT2D eigenvalue weighted by molar-refractivity contribution is 5.82. The first kappa shape index (κ1) is 13.9. The molecule has 18 heavy (non-hydrogen) atoms. The molecule has 4 N–H and O–H groups in total. The standard InChI is InChI=1S/C9H15N5O4/c1-5-10-7(13-12-5)3-14(2)9(18)11-6(4-15)8(16)17/h6,15H,3-4H2,1-2H3,(H,11,18)(H,16,17)(H,10,12,13)/t6-/m0/s1. The molecule has 0 saturated heterocycles. The van der Waals surface area contributed by atoms with Gasteiger partial charge in [0.15, 0.2) is 11.9 Å². The van der Waals surface area contributed by atoms with Crippen molar-refractivity contribution >= 4 is 12.0 Å². The lowest BCUT2D eigenvalue weighted by Crippen LogP contribution is -2.48. The summed E-state index contributed by atoms with van der Waals surface area (Å²) in [6, 6.07) is -1.95. The molecule has 0 bridgehead atoms. The van der Waals surface area contributed by atoms with Crippen LogP contribution in [0.4, 0.5) is 4.79 Å². The van der Waals surface area contributed by atoms with Gasteiger partial charge in [0.05, 0.1) is 13.2 Å². The fourth-order valence-electron chi connectivity index (χ4n) is 1.19. The van der Waals surface area contributed by atoms with Gasteiger partial charge in [0.2, 0.25) is 0 Å². The van der Waals surface area contributed by atoms with Gasteiger partial charge in [-0.05, 0) is 6.92 Å². The number of carbonyl (C=O) groups excluding carboxylic acids is 1. The van der Waals surface area contributed by atoms with E-state index in [0.717, 1.165) is 0 Å². The normalized spacial score (nSPS) is 11.9. The third kappa shape index (κ3) is 3.70. The predicted molar refractivity (Wildman–Crippen MR) is 59.6 cm³/mol. The molecule has 1 atom stereocenters. The quantitative estimate of drug-likeness (QED) is 0.518. The number of hydrogen-bond donors (Lipinski definition) is 4. The van der Waals surface area contributed by atoms with Crippen molar-refractivity contribution in [3.63, 3.8) is 0 Å². The summed E-state index contributed by atoms with van der Waals surface area (Å²) in [5.41, 5.74) is 0. The highest BCUT2D eigenvalue weighted by Gasteiger charge is 2.21. The van der Waals surface area contributed by atoms with Crippen LogP contribution < -0.4 is 5.32 Å². The highest BCUT2D eigenvalue weighted by Crippen LogP contribution is 1.97. The minimum Gasteiger partial charge on any atom is -0.480 e. The van der Waals surface area contributed by atoms with Gasteiger partial charge in [-0.15, -0.1) is 0 Å². The number of aliphatic hydroxyl groups is 1. The number of aliphatic hydroxyl groups excluding tert-OH is 1. The second-order valence-corrected chi connectivity index (χ2v) is 3.72. The van der Waals surface area contributed by atoms with Crippen LogP contribution in [-0.4, -0.2) is 62.0 Å². The van der Waals surface area contributed by atoms with Crippen LogP contribution in [0.1, 0.15) is 11.6 Å². The third-order valence-corrected chi connectivity index (χ3v) is 2.15. The van der Waals surface area contributed by atoms with Crippen molar-refractivity contribution in [3.05, 3.63) is 11.6 Å². The maximum atomic E-state index is 11.6. The lowest BCUT2D eigenvalue weighted by Gasteiger charge is -2.19. The molecule has 0 fully saturated rings. The van der Waals surface area contributed by atoms with Crippen molar-refractivity contribution in [3.8, 4) is 0 Å². The summed E-state index contributed by atoms with van der Waals surface area (Å²) in [5.74, 6) is -0.258. The first-order valence-electron chi connectivity index (χ1n) is 5.17. The molecule has 0 unspecified atom stereocenters. The second-order valence-electron chi connectivity index (χ2n) is 3.72. The molecule has 0 aromatic carbocycles. The fourth-order valence-corrected chi connectivity index (χ4v) is 1.19. The summed E-state index contributed by atoms with van der Waals surface area (Å²) in [6.07, 6.45) is 0. The minimum absolute atomic E-state index is 0.133. The Morgan fingerprint density at radius 3 is 2.67 bits per heavy atom. The number of carbonyl (C=O) groups is 2. The number of aromatic nitrogens is 3. The molecule has 100 valence electrons. The molecule has 0 aliphatic rings. The lowest BCUT2D eigenvalue weighted by atomic mass is 10.3. The number of amides is 2. The Bertz CT molecular complexity index is 432. The highest BCUT2D eigenvalue weighted by atomic mass is 16.4. The molecule has 1 aromatic rings. The zero-order valence-corrected chi connectivity index (χ0v) is 10.0. The van der Waals surface area contributed by atoms with Crippen LogP contribution >= 0.6 is 0 Å². The maximum Gasteiger partial charge on any atom is 0.328 e. The number of carboxylic acid groups (broad SMARTS) is 1. The molecule has 9 nitrogen and oxygen atoms in total. The number of aliphatic carboxylic acids is 1. The average molecular weight is 257 g/mol. The summed E-state index contributed by atoms with van der Waals surface area (Å²) in [7, 11) is 1.47. The zero-order valence-electron chi connectivity index (χ0n) is 10.0. The summed E-state index contributed by atoms with van der Waals surface area (Å²) in [4.78, 5) is 27.5. The number of aryl methyl sites for hydroxylation is 1. The molecule has 1 aromatic heterocycles. The van der Waals surface area contributed by atoms with E-state index < -0.39 is 24.6 Å². The van der Waals surface area contributed by atoms with Gasteiger partial charge in [0.25, 0.3) is 0 Å². The van der Waals surface area contributed by atoms with Gasteiger partial charge in [-0.2, -0.15) is 5.10 Å². The van der Waals surface area contributed by atoms with E-state index in [1.807, 2.05) is 0 Å². The third-order valence-electron chi connectivity index (χ3n) is 2.15. The van der Waals surface area contributed by atoms with Crippen molar-refractivity contribution < 1.29 is 19.8 Å². The van der Waals surface area contributed by atoms with E-state index in [0.29, 0.717) is 11.6 Å². The summed E-state index contributed by atoms with van der Waals surface area (Å²) < 4.78 is 0. The molecule has 9 heteroatoms. The molecule has 1 heterocycles. The van der Waals surface area contributed by atoms with Crippen molar-refractivity contribution in [2.24, 2.45) is 0 Å². The Kier molecular flexibility index (Phi) is 4.60. The number of nitrogens with zero attached hydrogens (tertiary/aromatic N) is 3. The van der Waals surface area contributed by atoms with Gasteiger partial charge >= 0.3 is 12.0 Å². The van der Waals surface area contributed by atoms with Crippen molar-refractivity contribution in [1.29, 1.82) is 0 Å². The summed E-state index contributed by atoms with van der Waals surface area (Å²) in [6.45, 7) is 1.19. The SMILES string of the molecule is Cc1nc(CN(C)C(=O)N[C@@H](CO)C(=O)O)n[nH]1. The van der Waals surface area contributed by atoms with E-state index >= 15 is 0 Å². The number of carboxylic acids is 1. The number of hydrogen-bond acceptors (Lipinski definition) is 5. The zero-order chi connectivity index (χ0) is 13.7. The first-order valence-corrected chi connectivity index (χ1v) is 5.17. The van der Waals surface area contributed by atoms with E-state index in [1.165, 1.54) is 11.9 Å². The van der Waals surface area contributed by atoms with Crippen LogP contribution in [-0.2, 0) is 11.3 Å². The molecular weight excluding hydrogens is 242 g/mol. The van der Waals surface area contributed by atoms with Crippen LogP contribution in [0.3, 0.4) is 0 Å². The molecule has 0 aliphatic heterocycles. The molecule has 1 rings (SSSR count). The molecule has 0 saturated carbocycles. The van der Waals surface area contributed by atoms with Gasteiger partial charge in [0, 0.05) is 7.05 Å². The maximum absolute atomic E-state index is 11.6. The van der Waals surface area contributed by atoms with Gasteiger partial charge in [0.1, 0.15) is 5.82 Å². The van der Waals surface area contributed by atoms with Crippen molar-refractivity contribution in [1.82, 2.24) is 25.4 Å². The van der Waals surface area contributed by atoms with E-state index in [9.17, 15) is 9.59 Å². The smallest absolute Gasteiger partial charge is 0.328 e. The summed E-state index contributed by atoms with van der Waals surface area (Å²) in [5, 5.41) is 26.1. The molecule has 0 aliphatic carbocycles. The van der Waals surface area contributed by atoms with Crippen molar-refractivity contribution in [2.75, 3.05) is 13.7 Å². The molecule has 2 amide bonds. The van der Waals surface area contributed by atoms with E-state index in [4.69, 9.17) is 10.2 Å². The van der Waals surface area contributed by atoms with E-state index in [1.54, 1.807) is 6.92 Å². The largest absolute Gasteiger partial charge is 0.480 e. The minimum atomic E-state index is -1.33. The number of H-pyrrole nitrogens is 1. The van der Waals surface area contributed by atoms with E-state index in [2.05, 4.69) is 20.5 Å². The Morgan fingerprint density at radius 1 is 1.56 bits per heavy atom. The molecule has 0 radical (unpaired) electrons. The predicted octanol–water partition coefficient (Wildman–Crippen LogP) is -1.30. The number of rotatable bonds is 5. The number of nitrogens with one attached hydrogen (secondary N) is 2. The Labute approximate surface area is 103 Å². The molecule has 0 spiro atoms. The Hall–Kier alpha value is -2.16.